The van der Waals surface area contributed by atoms with Gasteiger partial charge >= 0.3 is 0 Å². The molecule has 2 aromatic carbocycles. The van der Waals surface area contributed by atoms with Crippen LogP contribution in [0, 0.1) is 0 Å². The monoisotopic (exact) mass is 388 g/mol. The maximum atomic E-state index is 13.1. The topological polar surface area (TPSA) is 62.5 Å². The Hall–Kier alpha value is -3.18. The summed E-state index contributed by atoms with van der Waals surface area (Å²) in [5.74, 6) is -0.677. The van der Waals surface area contributed by atoms with Gasteiger partial charge in [0.2, 0.25) is 0 Å². The van der Waals surface area contributed by atoms with Crippen molar-refractivity contribution < 1.29 is 14.7 Å². The summed E-state index contributed by atoms with van der Waals surface area (Å²) in [5.41, 5.74) is 0.709. The molecule has 1 aliphatic heterocycles. The van der Waals surface area contributed by atoms with E-state index < -0.39 is 11.5 Å². The number of aliphatic hydroxyl groups is 1. The van der Waals surface area contributed by atoms with Crippen molar-refractivity contribution in [1.82, 2.24) is 4.57 Å². The molecule has 5 heteroatoms. The summed E-state index contributed by atoms with van der Waals surface area (Å²) in [5, 5.41) is 11.3. The fraction of sp³-hybridized carbons (Fsp3) is 0.250. The minimum atomic E-state index is -1.83. The van der Waals surface area contributed by atoms with E-state index >= 15 is 0 Å². The lowest BCUT2D eigenvalue weighted by Gasteiger charge is -2.22. The van der Waals surface area contributed by atoms with E-state index in [-0.39, 0.29) is 12.2 Å². The van der Waals surface area contributed by atoms with E-state index in [4.69, 9.17) is 0 Å². The molecule has 0 saturated carbocycles. The van der Waals surface area contributed by atoms with Gasteiger partial charge in [0, 0.05) is 35.8 Å². The molecule has 0 spiro atoms. The van der Waals surface area contributed by atoms with Crippen LogP contribution in [0.2, 0.25) is 0 Å². The Kier molecular flexibility index (Phi) is 5.07. The zero-order valence-corrected chi connectivity index (χ0v) is 16.4. The fourth-order valence-corrected chi connectivity index (χ4v) is 3.90. The summed E-state index contributed by atoms with van der Waals surface area (Å²) < 4.78 is 1.91. The van der Waals surface area contributed by atoms with E-state index in [1.54, 1.807) is 29.2 Å². The lowest BCUT2D eigenvalue weighted by molar-refractivity contribution is -0.135. The van der Waals surface area contributed by atoms with Crippen LogP contribution in [0.4, 0.5) is 5.69 Å². The molecule has 29 heavy (non-hydrogen) atoms. The predicted molar refractivity (Wildman–Crippen MR) is 112 cm³/mol. The van der Waals surface area contributed by atoms with Crippen LogP contribution in [-0.4, -0.2) is 27.9 Å². The molecule has 4 rings (SSSR count). The number of para-hydroxylation sites is 1. The van der Waals surface area contributed by atoms with Gasteiger partial charge < -0.3 is 14.6 Å². The third-order valence-corrected chi connectivity index (χ3v) is 5.46. The summed E-state index contributed by atoms with van der Waals surface area (Å²) in [6, 6.07) is 18.3. The molecule has 2 heterocycles. The smallest absolute Gasteiger partial charge is 0.264 e. The van der Waals surface area contributed by atoms with Gasteiger partial charge in [-0.05, 0) is 36.8 Å². The fourth-order valence-electron chi connectivity index (χ4n) is 3.90. The third-order valence-electron chi connectivity index (χ3n) is 5.46. The number of ketones is 1. The molecule has 1 atom stereocenters. The van der Waals surface area contributed by atoms with Crippen LogP contribution in [0.5, 0.6) is 0 Å². The van der Waals surface area contributed by atoms with Crippen molar-refractivity contribution in [1.29, 1.82) is 0 Å². The Balaban J connectivity index is 1.64. The highest BCUT2D eigenvalue weighted by Crippen LogP contribution is 2.43. The van der Waals surface area contributed by atoms with E-state index in [1.165, 1.54) is 0 Å². The molecule has 0 saturated heterocycles. The van der Waals surface area contributed by atoms with Crippen LogP contribution in [0.3, 0.4) is 0 Å². The first kappa shape index (κ1) is 19.2. The molecular formula is C24H24N2O3. The minimum absolute atomic E-state index is 0.262. The van der Waals surface area contributed by atoms with Gasteiger partial charge in [0.15, 0.2) is 11.4 Å². The number of nitrogens with zero attached hydrogens (tertiary/aromatic N) is 2. The summed E-state index contributed by atoms with van der Waals surface area (Å²) in [7, 11) is 0. The molecule has 0 unspecified atom stereocenters. The SMILES string of the molecule is CCCCN1C(=O)[C@](O)(CC(=O)c2cccc(-n3cccc3)c2)c2ccccc21. The normalized spacial score (nSPS) is 18.1. The first-order chi connectivity index (χ1) is 14.0. The average Bonchev–Trinajstić information content (AvgIpc) is 3.35. The number of carbonyl (C=O) groups is 2. The number of Topliss-reactive ketones (excluding diaryl/α,β-unsaturated/α-hetero) is 1. The van der Waals surface area contributed by atoms with Crippen LogP contribution < -0.4 is 4.90 Å². The van der Waals surface area contributed by atoms with Gasteiger partial charge in [-0.3, -0.25) is 9.59 Å². The van der Waals surface area contributed by atoms with Crippen LogP contribution in [0.15, 0.2) is 73.1 Å². The Bertz CT molecular complexity index is 1040. The van der Waals surface area contributed by atoms with E-state index in [0.29, 0.717) is 23.4 Å². The molecule has 1 aliphatic rings. The highest BCUT2D eigenvalue weighted by Gasteiger charge is 2.50. The van der Waals surface area contributed by atoms with Crippen LogP contribution in [0.25, 0.3) is 5.69 Å². The number of benzene rings is 2. The molecule has 3 aromatic rings. The second-order valence-corrected chi connectivity index (χ2v) is 7.43. The molecule has 0 radical (unpaired) electrons. The van der Waals surface area contributed by atoms with E-state index in [0.717, 1.165) is 18.5 Å². The molecule has 0 aliphatic carbocycles. The standard InChI is InChI=1S/C24H24N2O3/c1-2-3-15-26-21-12-5-4-11-20(21)24(29,23(26)28)17-22(27)18-9-8-10-19(16-18)25-13-6-7-14-25/h4-14,16,29H,2-3,15,17H2,1H3/t24-/m0/s1. The molecule has 148 valence electrons. The quantitative estimate of drug-likeness (QED) is 0.620. The number of rotatable bonds is 7. The lowest BCUT2D eigenvalue weighted by atomic mass is 9.88. The van der Waals surface area contributed by atoms with Crippen LogP contribution in [-0.2, 0) is 10.4 Å². The van der Waals surface area contributed by atoms with E-state index in [9.17, 15) is 14.7 Å². The van der Waals surface area contributed by atoms with Crippen molar-refractivity contribution in [2.75, 3.05) is 11.4 Å². The maximum absolute atomic E-state index is 13.1. The van der Waals surface area contributed by atoms with Crippen molar-refractivity contribution in [3.05, 3.63) is 84.2 Å². The van der Waals surface area contributed by atoms with Gasteiger partial charge in [0.25, 0.3) is 5.91 Å². The number of unbranched alkanes of at least 4 members (excludes halogenated alkanes) is 1. The largest absolute Gasteiger partial charge is 0.375 e. The van der Waals surface area contributed by atoms with Crippen molar-refractivity contribution in [3.63, 3.8) is 0 Å². The third kappa shape index (κ3) is 3.38. The Morgan fingerprint density at radius 1 is 1.03 bits per heavy atom. The minimum Gasteiger partial charge on any atom is -0.375 e. The predicted octanol–water partition coefficient (Wildman–Crippen LogP) is 4.08. The molecule has 1 aromatic heterocycles. The summed E-state index contributed by atoms with van der Waals surface area (Å²) in [4.78, 5) is 27.8. The number of anilines is 1. The Morgan fingerprint density at radius 2 is 1.79 bits per heavy atom. The molecule has 0 bridgehead atoms. The summed E-state index contributed by atoms with van der Waals surface area (Å²) >= 11 is 0. The highest BCUT2D eigenvalue weighted by atomic mass is 16.3. The first-order valence-electron chi connectivity index (χ1n) is 9.95. The van der Waals surface area contributed by atoms with Gasteiger partial charge in [0.1, 0.15) is 0 Å². The summed E-state index contributed by atoms with van der Waals surface area (Å²) in [6.07, 6.45) is 5.30. The number of hydrogen-bond donors (Lipinski definition) is 1. The van der Waals surface area contributed by atoms with Gasteiger partial charge in [-0.2, -0.15) is 0 Å². The Labute approximate surface area is 170 Å². The molecular weight excluding hydrogens is 364 g/mol. The maximum Gasteiger partial charge on any atom is 0.264 e. The second-order valence-electron chi connectivity index (χ2n) is 7.43. The molecule has 1 amide bonds. The number of amides is 1. The number of aromatic nitrogens is 1. The lowest BCUT2D eigenvalue weighted by Crippen LogP contribution is -2.42. The van der Waals surface area contributed by atoms with Crippen molar-refractivity contribution in [2.45, 2.75) is 31.8 Å². The van der Waals surface area contributed by atoms with Gasteiger partial charge in [-0.15, -0.1) is 0 Å². The number of fused-ring (bicyclic) bond motifs is 1. The van der Waals surface area contributed by atoms with E-state index in [1.807, 2.05) is 53.4 Å². The second kappa shape index (κ2) is 7.68. The van der Waals surface area contributed by atoms with Gasteiger partial charge in [-0.25, -0.2) is 0 Å². The zero-order valence-electron chi connectivity index (χ0n) is 16.4. The molecule has 1 N–H and O–H groups in total. The number of carbonyl (C=O) groups excluding carboxylic acids is 2. The zero-order chi connectivity index (χ0) is 20.4. The van der Waals surface area contributed by atoms with Crippen LogP contribution in [0.1, 0.15) is 42.1 Å². The highest BCUT2D eigenvalue weighted by molar-refractivity contribution is 6.10. The first-order valence-corrected chi connectivity index (χ1v) is 9.95. The number of hydrogen-bond acceptors (Lipinski definition) is 3. The Morgan fingerprint density at radius 3 is 2.55 bits per heavy atom. The molecule has 5 nitrogen and oxygen atoms in total. The van der Waals surface area contributed by atoms with Crippen molar-refractivity contribution in [2.24, 2.45) is 0 Å². The van der Waals surface area contributed by atoms with Crippen molar-refractivity contribution in [3.8, 4) is 5.69 Å². The summed E-state index contributed by atoms with van der Waals surface area (Å²) in [6.45, 7) is 2.59. The van der Waals surface area contributed by atoms with Crippen molar-refractivity contribution >= 4 is 17.4 Å². The molecule has 0 fully saturated rings. The van der Waals surface area contributed by atoms with Gasteiger partial charge in [-0.1, -0.05) is 43.7 Å². The average molecular weight is 388 g/mol. The van der Waals surface area contributed by atoms with Gasteiger partial charge in [0.05, 0.1) is 12.1 Å². The van der Waals surface area contributed by atoms with Crippen LogP contribution >= 0.6 is 0 Å². The van der Waals surface area contributed by atoms with E-state index in [2.05, 4.69) is 6.92 Å².